The Bertz CT molecular complexity index is 744. The minimum atomic E-state index is 0.0759. The normalized spacial score (nSPS) is 21.1. The Balaban J connectivity index is 1.33. The van der Waals surface area contributed by atoms with Gasteiger partial charge in [-0.05, 0) is 37.0 Å². The summed E-state index contributed by atoms with van der Waals surface area (Å²) in [6.07, 6.45) is 3.64. The fraction of sp³-hybridized carbons (Fsp3) is 0.550. The van der Waals surface area contributed by atoms with Crippen molar-refractivity contribution in [2.24, 2.45) is 13.0 Å². The van der Waals surface area contributed by atoms with Crippen LogP contribution in [0.4, 0.5) is 0 Å². The van der Waals surface area contributed by atoms with Crippen LogP contribution in [-0.2, 0) is 18.2 Å². The molecule has 0 N–H and O–H groups in total. The lowest BCUT2D eigenvalue weighted by molar-refractivity contribution is -0.0336. The SMILES string of the molecule is Cn1nc([C@@H]2CN(CC3CC3)CCO2)cc1CCOc1ccccc1Cl. The van der Waals surface area contributed by atoms with E-state index in [4.69, 9.17) is 26.2 Å². The van der Waals surface area contributed by atoms with Gasteiger partial charge in [-0.25, -0.2) is 0 Å². The van der Waals surface area contributed by atoms with E-state index in [1.165, 1.54) is 19.4 Å². The van der Waals surface area contributed by atoms with Gasteiger partial charge < -0.3 is 9.47 Å². The molecule has 0 radical (unpaired) electrons. The molecule has 26 heavy (non-hydrogen) atoms. The van der Waals surface area contributed by atoms with Crippen LogP contribution >= 0.6 is 11.6 Å². The van der Waals surface area contributed by atoms with Gasteiger partial charge in [-0.15, -0.1) is 0 Å². The average Bonchev–Trinajstić information content (AvgIpc) is 3.38. The number of aryl methyl sites for hydroxylation is 1. The number of hydrogen-bond donors (Lipinski definition) is 0. The predicted octanol–water partition coefficient (Wildman–Crippen LogP) is 3.48. The average molecular weight is 376 g/mol. The summed E-state index contributed by atoms with van der Waals surface area (Å²) in [7, 11) is 1.99. The van der Waals surface area contributed by atoms with Crippen LogP contribution in [0.2, 0.25) is 5.02 Å². The van der Waals surface area contributed by atoms with Crippen molar-refractivity contribution in [2.45, 2.75) is 25.4 Å². The Morgan fingerprint density at radius 2 is 2.15 bits per heavy atom. The molecule has 1 aromatic heterocycles. The van der Waals surface area contributed by atoms with Crippen LogP contribution in [0.5, 0.6) is 5.75 Å². The van der Waals surface area contributed by atoms with Gasteiger partial charge in [0.05, 0.1) is 23.9 Å². The maximum absolute atomic E-state index is 6.13. The monoisotopic (exact) mass is 375 g/mol. The molecule has 1 aliphatic heterocycles. The van der Waals surface area contributed by atoms with Crippen molar-refractivity contribution in [3.63, 3.8) is 0 Å². The molecule has 6 heteroatoms. The van der Waals surface area contributed by atoms with Gasteiger partial charge in [-0.1, -0.05) is 23.7 Å². The highest BCUT2D eigenvalue weighted by molar-refractivity contribution is 6.32. The number of aromatic nitrogens is 2. The second kappa shape index (κ2) is 7.99. The van der Waals surface area contributed by atoms with E-state index in [9.17, 15) is 0 Å². The number of benzene rings is 1. The number of hydrogen-bond acceptors (Lipinski definition) is 4. The van der Waals surface area contributed by atoms with Gasteiger partial charge >= 0.3 is 0 Å². The smallest absolute Gasteiger partial charge is 0.137 e. The third-order valence-electron chi connectivity index (χ3n) is 5.14. The van der Waals surface area contributed by atoms with Crippen molar-refractivity contribution in [2.75, 3.05) is 32.8 Å². The molecule has 2 aliphatic rings. The van der Waals surface area contributed by atoms with Gasteiger partial charge in [0.1, 0.15) is 11.9 Å². The summed E-state index contributed by atoms with van der Waals surface area (Å²) in [6, 6.07) is 9.71. The van der Waals surface area contributed by atoms with E-state index in [0.717, 1.165) is 49.2 Å². The number of morpholine rings is 1. The summed E-state index contributed by atoms with van der Waals surface area (Å²) in [5.74, 6) is 1.64. The maximum Gasteiger partial charge on any atom is 0.137 e. The molecule has 0 spiro atoms. The maximum atomic E-state index is 6.13. The lowest BCUT2D eigenvalue weighted by Gasteiger charge is -2.32. The van der Waals surface area contributed by atoms with Crippen molar-refractivity contribution >= 4 is 11.6 Å². The molecule has 4 rings (SSSR count). The molecule has 1 saturated carbocycles. The number of rotatable bonds is 7. The molecular formula is C20H26ClN3O2. The van der Waals surface area contributed by atoms with Crippen molar-refractivity contribution < 1.29 is 9.47 Å². The first-order valence-corrected chi connectivity index (χ1v) is 9.81. The van der Waals surface area contributed by atoms with E-state index in [0.29, 0.717) is 11.6 Å². The lowest BCUT2D eigenvalue weighted by Crippen LogP contribution is -2.39. The quantitative estimate of drug-likeness (QED) is 0.742. The molecule has 2 aromatic rings. The highest BCUT2D eigenvalue weighted by Crippen LogP contribution is 2.31. The Morgan fingerprint density at radius 1 is 1.31 bits per heavy atom. The van der Waals surface area contributed by atoms with Gasteiger partial charge in [0.25, 0.3) is 0 Å². The molecule has 0 unspecified atom stereocenters. The molecule has 0 bridgehead atoms. The first-order chi connectivity index (χ1) is 12.7. The summed E-state index contributed by atoms with van der Waals surface area (Å²) in [5, 5.41) is 5.33. The van der Waals surface area contributed by atoms with Gasteiger partial charge in [-0.2, -0.15) is 5.10 Å². The Labute approximate surface area is 159 Å². The van der Waals surface area contributed by atoms with Crippen LogP contribution < -0.4 is 4.74 Å². The zero-order valence-electron chi connectivity index (χ0n) is 15.2. The molecular weight excluding hydrogens is 350 g/mol. The van der Waals surface area contributed by atoms with E-state index in [-0.39, 0.29) is 6.10 Å². The highest BCUT2D eigenvalue weighted by atomic mass is 35.5. The third kappa shape index (κ3) is 4.40. The lowest BCUT2D eigenvalue weighted by atomic mass is 10.1. The van der Waals surface area contributed by atoms with Crippen LogP contribution in [0.25, 0.3) is 0 Å². The number of nitrogens with zero attached hydrogens (tertiary/aromatic N) is 3. The van der Waals surface area contributed by atoms with Crippen molar-refractivity contribution in [3.8, 4) is 5.75 Å². The summed E-state index contributed by atoms with van der Waals surface area (Å²) in [4.78, 5) is 2.53. The van der Waals surface area contributed by atoms with Crippen LogP contribution in [0.3, 0.4) is 0 Å². The number of para-hydroxylation sites is 1. The molecule has 2 heterocycles. The van der Waals surface area contributed by atoms with Crippen molar-refractivity contribution in [3.05, 3.63) is 46.7 Å². The van der Waals surface area contributed by atoms with Crippen LogP contribution in [-0.4, -0.2) is 47.5 Å². The molecule has 0 amide bonds. The van der Waals surface area contributed by atoms with Gasteiger partial charge in [0.15, 0.2) is 0 Å². The second-order valence-corrected chi connectivity index (χ2v) is 7.68. The molecule has 1 saturated heterocycles. The number of halogens is 1. The summed E-state index contributed by atoms with van der Waals surface area (Å²) in [5.41, 5.74) is 2.18. The van der Waals surface area contributed by atoms with Gasteiger partial charge in [0, 0.05) is 38.8 Å². The Morgan fingerprint density at radius 3 is 2.96 bits per heavy atom. The molecule has 5 nitrogen and oxygen atoms in total. The number of ether oxygens (including phenoxy) is 2. The molecule has 1 aliphatic carbocycles. The highest BCUT2D eigenvalue weighted by Gasteiger charge is 2.29. The zero-order valence-corrected chi connectivity index (χ0v) is 16.0. The first kappa shape index (κ1) is 17.8. The Hall–Kier alpha value is -1.56. The van der Waals surface area contributed by atoms with E-state index in [2.05, 4.69) is 11.0 Å². The minimum Gasteiger partial charge on any atom is -0.492 e. The topological polar surface area (TPSA) is 39.5 Å². The van der Waals surface area contributed by atoms with E-state index >= 15 is 0 Å². The van der Waals surface area contributed by atoms with Crippen LogP contribution in [0.1, 0.15) is 30.3 Å². The predicted molar refractivity (Wildman–Crippen MR) is 102 cm³/mol. The van der Waals surface area contributed by atoms with Gasteiger partial charge in [0.2, 0.25) is 0 Å². The van der Waals surface area contributed by atoms with Crippen molar-refractivity contribution in [1.82, 2.24) is 14.7 Å². The standard InChI is InChI=1S/C20H26ClN3O2/c1-23-16(8-10-25-19-5-3-2-4-17(19)21)12-18(22-23)20-14-24(9-11-26-20)13-15-6-7-15/h2-5,12,15,20H,6-11,13-14H2,1H3/t20-/m0/s1. The molecule has 140 valence electrons. The first-order valence-electron chi connectivity index (χ1n) is 9.43. The molecule has 1 aromatic carbocycles. The Kier molecular flexibility index (Phi) is 5.48. The van der Waals surface area contributed by atoms with Crippen LogP contribution in [0, 0.1) is 5.92 Å². The summed E-state index contributed by atoms with van der Waals surface area (Å²) >= 11 is 6.13. The van der Waals surface area contributed by atoms with Crippen LogP contribution in [0.15, 0.2) is 30.3 Å². The summed E-state index contributed by atoms with van der Waals surface area (Å²) in [6.45, 7) is 4.56. The largest absolute Gasteiger partial charge is 0.492 e. The zero-order chi connectivity index (χ0) is 17.9. The van der Waals surface area contributed by atoms with Crippen molar-refractivity contribution in [1.29, 1.82) is 0 Å². The van der Waals surface area contributed by atoms with E-state index in [1.807, 2.05) is 36.0 Å². The fourth-order valence-corrected chi connectivity index (χ4v) is 3.65. The second-order valence-electron chi connectivity index (χ2n) is 7.28. The molecule has 1 atom stereocenters. The van der Waals surface area contributed by atoms with Gasteiger partial charge in [-0.3, -0.25) is 9.58 Å². The van der Waals surface area contributed by atoms with E-state index < -0.39 is 0 Å². The summed E-state index contributed by atoms with van der Waals surface area (Å²) < 4.78 is 13.7. The third-order valence-corrected chi connectivity index (χ3v) is 5.45. The fourth-order valence-electron chi connectivity index (χ4n) is 3.46. The van der Waals surface area contributed by atoms with E-state index in [1.54, 1.807) is 0 Å². The minimum absolute atomic E-state index is 0.0759. The molecule has 2 fully saturated rings.